The SMILES string of the molecule is CN(C)S(=O)(=O)c1ccc(C(=O)Nc2c3c(nn2-c2cccc(Cl)c2)CS(=O)(=O)C3)cc1. The van der Waals surface area contributed by atoms with Crippen molar-refractivity contribution in [2.24, 2.45) is 0 Å². The lowest BCUT2D eigenvalue weighted by Crippen LogP contribution is -2.22. The number of aromatic nitrogens is 2. The van der Waals surface area contributed by atoms with Gasteiger partial charge in [-0.2, -0.15) is 5.10 Å². The molecule has 0 fully saturated rings. The van der Waals surface area contributed by atoms with Crippen molar-refractivity contribution in [1.82, 2.24) is 14.1 Å². The molecule has 1 N–H and O–H groups in total. The van der Waals surface area contributed by atoms with Gasteiger partial charge >= 0.3 is 0 Å². The predicted octanol–water partition coefficient (Wildman–Crippen LogP) is 2.46. The van der Waals surface area contributed by atoms with E-state index < -0.39 is 25.8 Å². The van der Waals surface area contributed by atoms with Gasteiger partial charge in [-0.25, -0.2) is 25.8 Å². The number of hydrogen-bond donors (Lipinski definition) is 1. The number of nitrogens with one attached hydrogen (secondary N) is 1. The molecule has 3 aromatic rings. The van der Waals surface area contributed by atoms with E-state index in [-0.39, 0.29) is 27.8 Å². The van der Waals surface area contributed by atoms with Gasteiger partial charge in [0, 0.05) is 30.2 Å². The molecule has 4 rings (SSSR count). The van der Waals surface area contributed by atoms with Crippen LogP contribution in [0.4, 0.5) is 5.82 Å². The lowest BCUT2D eigenvalue weighted by Gasteiger charge is -2.13. The third kappa shape index (κ3) is 4.16. The highest BCUT2D eigenvalue weighted by atomic mass is 35.5. The van der Waals surface area contributed by atoms with Crippen molar-refractivity contribution >= 4 is 43.2 Å². The first-order valence-corrected chi connectivity index (χ1v) is 13.0. The van der Waals surface area contributed by atoms with Crippen LogP contribution in [0.5, 0.6) is 0 Å². The van der Waals surface area contributed by atoms with Crippen LogP contribution in [-0.4, -0.2) is 50.9 Å². The van der Waals surface area contributed by atoms with Gasteiger partial charge in [-0.1, -0.05) is 17.7 Å². The summed E-state index contributed by atoms with van der Waals surface area (Å²) in [4.78, 5) is 13.0. The van der Waals surface area contributed by atoms with E-state index in [4.69, 9.17) is 11.6 Å². The fourth-order valence-corrected chi connectivity index (χ4v) is 5.91. The maximum Gasteiger partial charge on any atom is 0.256 e. The van der Waals surface area contributed by atoms with Crippen LogP contribution in [0.25, 0.3) is 5.69 Å². The average molecular weight is 495 g/mol. The fourth-order valence-electron chi connectivity index (χ4n) is 3.33. The monoisotopic (exact) mass is 494 g/mol. The van der Waals surface area contributed by atoms with E-state index in [1.807, 2.05) is 0 Å². The second-order valence-electron chi connectivity index (χ2n) is 7.46. The molecule has 9 nitrogen and oxygen atoms in total. The molecule has 12 heteroatoms. The summed E-state index contributed by atoms with van der Waals surface area (Å²) in [5, 5.41) is 7.59. The summed E-state index contributed by atoms with van der Waals surface area (Å²) in [5.41, 5.74) is 1.56. The van der Waals surface area contributed by atoms with Crippen LogP contribution >= 0.6 is 11.6 Å². The van der Waals surface area contributed by atoms with E-state index in [2.05, 4.69) is 10.4 Å². The lowest BCUT2D eigenvalue weighted by molar-refractivity contribution is 0.102. The number of hydrogen-bond acceptors (Lipinski definition) is 6. The van der Waals surface area contributed by atoms with Gasteiger partial charge in [0.1, 0.15) is 5.82 Å². The number of rotatable bonds is 5. The summed E-state index contributed by atoms with van der Waals surface area (Å²) in [5.74, 6) is -0.749. The zero-order valence-corrected chi connectivity index (χ0v) is 19.5. The standard InChI is InChI=1S/C20H19ClN4O5S2/c1-24(2)32(29,30)16-8-6-13(7-9-16)20(26)22-19-17-11-31(27,28)12-18(17)23-25(19)15-5-3-4-14(21)10-15/h3-10H,11-12H2,1-2H3,(H,22,26). The van der Waals surface area contributed by atoms with Gasteiger partial charge in [0.2, 0.25) is 10.0 Å². The van der Waals surface area contributed by atoms with Gasteiger partial charge in [-0.3, -0.25) is 4.79 Å². The normalized spacial score (nSPS) is 15.0. The Morgan fingerprint density at radius 2 is 1.81 bits per heavy atom. The molecule has 1 aliphatic rings. The second kappa shape index (κ2) is 8.00. The van der Waals surface area contributed by atoms with Gasteiger partial charge in [0.25, 0.3) is 5.91 Å². The molecule has 1 amide bonds. The molecule has 1 aliphatic heterocycles. The Kier molecular flexibility index (Phi) is 5.61. The van der Waals surface area contributed by atoms with E-state index in [0.29, 0.717) is 22.0 Å². The highest BCUT2D eigenvalue weighted by Crippen LogP contribution is 2.33. The number of sulfonamides is 1. The van der Waals surface area contributed by atoms with Crippen LogP contribution in [0, 0.1) is 0 Å². The Morgan fingerprint density at radius 1 is 1.12 bits per heavy atom. The third-order valence-electron chi connectivity index (χ3n) is 4.97. The molecule has 0 saturated carbocycles. The Labute approximate surface area is 190 Å². The van der Waals surface area contributed by atoms with Gasteiger partial charge in [0.05, 0.1) is 27.8 Å². The van der Waals surface area contributed by atoms with Gasteiger partial charge in [-0.05, 0) is 42.5 Å². The maximum atomic E-state index is 12.9. The molecule has 0 radical (unpaired) electrons. The Bertz CT molecular complexity index is 1430. The zero-order chi connectivity index (χ0) is 23.3. The largest absolute Gasteiger partial charge is 0.306 e. The molecule has 2 aromatic carbocycles. The summed E-state index contributed by atoms with van der Waals surface area (Å²) < 4.78 is 51.2. The first-order valence-electron chi connectivity index (χ1n) is 9.39. The number of fused-ring (bicyclic) bond motifs is 1. The molecule has 1 aromatic heterocycles. The fraction of sp³-hybridized carbons (Fsp3) is 0.200. The first kappa shape index (κ1) is 22.5. The summed E-state index contributed by atoms with van der Waals surface area (Å²) in [6.45, 7) is 0. The summed E-state index contributed by atoms with van der Waals surface area (Å²) >= 11 is 6.09. The number of nitrogens with zero attached hydrogens (tertiary/aromatic N) is 3. The van der Waals surface area contributed by atoms with E-state index >= 15 is 0 Å². The molecule has 0 aliphatic carbocycles. The number of amides is 1. The molecule has 0 unspecified atom stereocenters. The molecule has 0 saturated heterocycles. The summed E-state index contributed by atoms with van der Waals surface area (Å²) in [6, 6.07) is 12.3. The molecule has 2 heterocycles. The number of halogens is 1. The topological polar surface area (TPSA) is 118 Å². The van der Waals surface area contributed by atoms with Crippen molar-refractivity contribution in [2.45, 2.75) is 16.4 Å². The minimum absolute atomic E-state index is 0.0509. The number of sulfone groups is 1. The van der Waals surface area contributed by atoms with Crippen LogP contribution in [0.3, 0.4) is 0 Å². The lowest BCUT2D eigenvalue weighted by atomic mass is 10.2. The van der Waals surface area contributed by atoms with Crippen molar-refractivity contribution in [3.05, 3.63) is 70.4 Å². The summed E-state index contributed by atoms with van der Waals surface area (Å²) in [6.07, 6.45) is 0. The zero-order valence-electron chi connectivity index (χ0n) is 17.1. The minimum Gasteiger partial charge on any atom is -0.306 e. The van der Waals surface area contributed by atoms with E-state index in [9.17, 15) is 21.6 Å². The summed E-state index contributed by atoms with van der Waals surface area (Å²) in [7, 11) is -4.14. The second-order valence-corrected chi connectivity index (χ2v) is 12.1. The molecule has 168 valence electrons. The molecule has 32 heavy (non-hydrogen) atoms. The van der Waals surface area contributed by atoms with Crippen LogP contribution in [-0.2, 0) is 31.4 Å². The van der Waals surface area contributed by atoms with E-state index in [1.54, 1.807) is 24.3 Å². The third-order valence-corrected chi connectivity index (χ3v) is 8.47. The highest BCUT2D eigenvalue weighted by Gasteiger charge is 2.33. The van der Waals surface area contributed by atoms with Crippen molar-refractivity contribution in [2.75, 3.05) is 19.4 Å². The molecule has 0 bridgehead atoms. The average Bonchev–Trinajstić information content (AvgIpc) is 3.20. The number of carbonyl (C=O) groups is 1. The van der Waals surface area contributed by atoms with Crippen molar-refractivity contribution in [3.63, 3.8) is 0 Å². The number of anilines is 1. The molecular weight excluding hydrogens is 476 g/mol. The van der Waals surface area contributed by atoms with Crippen LogP contribution in [0.2, 0.25) is 5.02 Å². The number of benzene rings is 2. The van der Waals surface area contributed by atoms with Crippen molar-refractivity contribution in [3.8, 4) is 5.69 Å². The number of carbonyl (C=O) groups excluding carboxylic acids is 1. The quantitative estimate of drug-likeness (QED) is 0.582. The van der Waals surface area contributed by atoms with E-state index in [0.717, 1.165) is 4.31 Å². The Morgan fingerprint density at radius 3 is 2.44 bits per heavy atom. The van der Waals surface area contributed by atoms with Gasteiger partial charge in [-0.15, -0.1) is 0 Å². The maximum absolute atomic E-state index is 12.9. The van der Waals surface area contributed by atoms with Crippen LogP contribution in [0.15, 0.2) is 53.4 Å². The van der Waals surface area contributed by atoms with Crippen molar-refractivity contribution < 1.29 is 21.6 Å². The van der Waals surface area contributed by atoms with Gasteiger partial charge < -0.3 is 5.32 Å². The van der Waals surface area contributed by atoms with Crippen LogP contribution < -0.4 is 5.32 Å². The van der Waals surface area contributed by atoms with Gasteiger partial charge in [0.15, 0.2) is 9.84 Å². The van der Waals surface area contributed by atoms with Crippen LogP contribution in [0.1, 0.15) is 21.6 Å². The smallest absolute Gasteiger partial charge is 0.256 e. The minimum atomic E-state index is -3.63. The predicted molar refractivity (Wildman–Crippen MR) is 120 cm³/mol. The van der Waals surface area contributed by atoms with Crippen molar-refractivity contribution in [1.29, 1.82) is 0 Å². The highest BCUT2D eigenvalue weighted by molar-refractivity contribution is 7.90. The first-order chi connectivity index (χ1) is 15.0. The molecule has 0 atom stereocenters. The molecule has 0 spiro atoms. The Balaban J connectivity index is 1.70. The molecular formula is C20H19ClN4O5S2. The van der Waals surface area contributed by atoms with E-state index in [1.165, 1.54) is 43.0 Å². The Hall–Kier alpha value is -2.73.